The van der Waals surface area contributed by atoms with E-state index in [2.05, 4.69) is 43.5 Å². The maximum atomic E-state index is 14.7. The molecule has 1 aromatic carbocycles. The maximum absolute atomic E-state index is 14.7. The highest BCUT2D eigenvalue weighted by Gasteiger charge is 2.19. The monoisotopic (exact) mass is 524 g/mol. The van der Waals surface area contributed by atoms with Gasteiger partial charge in [-0.1, -0.05) is 37.5 Å². The summed E-state index contributed by atoms with van der Waals surface area (Å²) in [6.45, 7) is 12.9. The number of nitrogens with one attached hydrogen (secondary N) is 3. The van der Waals surface area contributed by atoms with Gasteiger partial charge in [0.05, 0.1) is 22.6 Å². The summed E-state index contributed by atoms with van der Waals surface area (Å²) < 4.78 is 14.7. The molecule has 0 atom stereocenters. The third kappa shape index (κ3) is 6.27. The first-order valence-electron chi connectivity index (χ1n) is 12.6. The minimum absolute atomic E-state index is 0.336. The van der Waals surface area contributed by atoms with Crippen molar-refractivity contribution >= 4 is 34.2 Å². The van der Waals surface area contributed by atoms with Crippen LogP contribution >= 0.6 is 0 Å². The molecular formula is C30H33FN8. The van der Waals surface area contributed by atoms with Crippen LogP contribution in [0.2, 0.25) is 0 Å². The predicted molar refractivity (Wildman–Crippen MR) is 159 cm³/mol. The van der Waals surface area contributed by atoms with Crippen molar-refractivity contribution in [2.45, 2.75) is 13.8 Å². The van der Waals surface area contributed by atoms with Crippen molar-refractivity contribution < 1.29 is 4.39 Å². The van der Waals surface area contributed by atoms with E-state index in [1.54, 1.807) is 18.4 Å². The van der Waals surface area contributed by atoms with Crippen LogP contribution in [0.5, 0.6) is 0 Å². The number of fused-ring (bicyclic) bond motifs is 1. The molecule has 0 saturated carbocycles. The van der Waals surface area contributed by atoms with Crippen LogP contribution in [0.3, 0.4) is 0 Å². The highest BCUT2D eigenvalue weighted by Crippen LogP contribution is 2.31. The first-order chi connectivity index (χ1) is 18.8. The summed E-state index contributed by atoms with van der Waals surface area (Å²) in [4.78, 5) is 19.5. The van der Waals surface area contributed by atoms with Crippen molar-refractivity contribution in [3.63, 3.8) is 0 Å². The van der Waals surface area contributed by atoms with Gasteiger partial charge in [0.1, 0.15) is 11.3 Å². The van der Waals surface area contributed by atoms with E-state index in [9.17, 15) is 4.39 Å². The highest BCUT2D eigenvalue weighted by atomic mass is 19.1. The van der Waals surface area contributed by atoms with Crippen molar-refractivity contribution in [3.8, 4) is 11.5 Å². The van der Waals surface area contributed by atoms with E-state index in [1.165, 1.54) is 12.1 Å². The third-order valence-electron chi connectivity index (χ3n) is 6.01. The number of allylic oxidation sites excluding steroid dienone is 4. The lowest BCUT2D eigenvalue weighted by Gasteiger charge is -2.13. The number of nitrogens with zero attached hydrogens (tertiary/aromatic N) is 5. The van der Waals surface area contributed by atoms with Crippen LogP contribution in [-0.2, 0) is 0 Å². The molecule has 4 rings (SSSR count). The number of anilines is 1. The number of hydrogen-bond acceptors (Lipinski definition) is 6. The fraction of sp³-hybridized carbons (Fsp3) is 0.200. The normalized spacial score (nSPS) is 12.6. The zero-order valence-corrected chi connectivity index (χ0v) is 22.7. The molecule has 0 saturated heterocycles. The van der Waals surface area contributed by atoms with Crippen LogP contribution in [-0.4, -0.2) is 63.4 Å². The van der Waals surface area contributed by atoms with E-state index >= 15 is 0 Å². The number of hydrogen-bond donors (Lipinski definition) is 3. The van der Waals surface area contributed by atoms with Crippen molar-refractivity contribution in [1.82, 2.24) is 30.0 Å². The van der Waals surface area contributed by atoms with Crippen molar-refractivity contribution in [3.05, 3.63) is 96.3 Å². The summed E-state index contributed by atoms with van der Waals surface area (Å²) in [5, 5.41) is 10.8. The summed E-state index contributed by atoms with van der Waals surface area (Å²) in [6.07, 6.45) is 8.64. The third-order valence-corrected chi connectivity index (χ3v) is 6.01. The Morgan fingerprint density at radius 2 is 1.97 bits per heavy atom. The average molecular weight is 525 g/mol. The zero-order chi connectivity index (χ0) is 27.9. The Hall–Kier alpha value is -4.63. The summed E-state index contributed by atoms with van der Waals surface area (Å²) in [5.74, 6) is 0.211. The Balaban J connectivity index is 1.74. The number of aliphatic imine (C=N–C) groups is 1. The number of H-pyrrole nitrogens is 2. The van der Waals surface area contributed by atoms with Gasteiger partial charge < -0.3 is 15.2 Å². The zero-order valence-electron chi connectivity index (χ0n) is 22.7. The van der Waals surface area contributed by atoms with Gasteiger partial charge in [0.2, 0.25) is 0 Å². The molecule has 0 spiro atoms. The van der Waals surface area contributed by atoms with Crippen LogP contribution in [0.4, 0.5) is 10.1 Å². The molecule has 0 amide bonds. The van der Waals surface area contributed by atoms with Gasteiger partial charge in [0, 0.05) is 36.3 Å². The lowest BCUT2D eigenvalue weighted by molar-refractivity contribution is 0.425. The number of halogens is 1. The Morgan fingerprint density at radius 3 is 2.69 bits per heavy atom. The van der Waals surface area contributed by atoms with Crippen LogP contribution in [0.15, 0.2) is 72.8 Å². The summed E-state index contributed by atoms with van der Waals surface area (Å²) >= 11 is 0. The molecule has 8 nitrogen and oxygen atoms in total. The lowest BCUT2D eigenvalue weighted by atomic mass is 10.00. The van der Waals surface area contributed by atoms with E-state index in [4.69, 9.17) is 9.97 Å². The minimum atomic E-state index is -0.336. The molecular weight excluding hydrogens is 491 g/mol. The van der Waals surface area contributed by atoms with Crippen LogP contribution in [0.25, 0.3) is 33.8 Å². The topological polar surface area (TPSA) is 97.9 Å². The molecule has 0 aliphatic rings. The second-order valence-corrected chi connectivity index (χ2v) is 9.19. The molecule has 3 aromatic heterocycles. The molecule has 0 bridgehead atoms. The highest BCUT2D eigenvalue weighted by molar-refractivity contribution is 5.90. The largest absolute Gasteiger partial charge is 0.384 e. The molecule has 200 valence electrons. The van der Waals surface area contributed by atoms with Gasteiger partial charge in [0.25, 0.3) is 0 Å². The number of aryl methyl sites for hydroxylation is 1. The van der Waals surface area contributed by atoms with Gasteiger partial charge in [-0.15, -0.1) is 0 Å². The van der Waals surface area contributed by atoms with Gasteiger partial charge in [0.15, 0.2) is 11.5 Å². The van der Waals surface area contributed by atoms with Gasteiger partial charge in [-0.2, -0.15) is 5.10 Å². The fourth-order valence-electron chi connectivity index (χ4n) is 4.16. The molecule has 39 heavy (non-hydrogen) atoms. The number of benzene rings is 1. The standard InChI is InChI=1S/C30H33FN8/c1-7-10-23(20-16-21(31)18-22(17-20)32-14-15-39(5)6)27-19(4)34-30(36-27)29-28-26(37-38-29)12-11-25(35-28)24(9-3)33-13-8-2/h7-13,16-18,32H,1-2,14-15H2,3-6H3,(H,34,36)(H,37,38)/b23-10-,24-9-,33-13?. The van der Waals surface area contributed by atoms with Gasteiger partial charge in [-0.05, 0) is 63.8 Å². The van der Waals surface area contributed by atoms with Gasteiger partial charge >= 0.3 is 0 Å². The molecule has 9 heteroatoms. The smallest absolute Gasteiger partial charge is 0.161 e. The van der Waals surface area contributed by atoms with Crippen molar-refractivity contribution in [2.24, 2.45) is 4.99 Å². The lowest BCUT2D eigenvalue weighted by Crippen LogP contribution is -2.20. The first-order valence-corrected chi connectivity index (χ1v) is 12.6. The Kier molecular flexibility index (Phi) is 8.63. The molecule has 0 unspecified atom stereocenters. The average Bonchev–Trinajstić information content (AvgIpc) is 3.50. The second kappa shape index (κ2) is 12.3. The predicted octanol–water partition coefficient (Wildman–Crippen LogP) is 6.00. The van der Waals surface area contributed by atoms with Crippen LogP contribution in [0, 0.1) is 12.7 Å². The van der Waals surface area contributed by atoms with Crippen LogP contribution < -0.4 is 5.32 Å². The van der Waals surface area contributed by atoms with E-state index in [0.717, 1.165) is 29.0 Å². The summed E-state index contributed by atoms with van der Waals surface area (Å²) in [7, 11) is 3.99. The molecule has 0 radical (unpaired) electrons. The van der Waals surface area contributed by atoms with Gasteiger partial charge in [-0.25, -0.2) is 14.4 Å². The van der Waals surface area contributed by atoms with Crippen molar-refractivity contribution in [2.75, 3.05) is 32.5 Å². The second-order valence-electron chi connectivity index (χ2n) is 9.19. The number of aromatic nitrogens is 5. The maximum Gasteiger partial charge on any atom is 0.161 e. The van der Waals surface area contributed by atoms with Gasteiger partial charge in [-0.3, -0.25) is 10.1 Å². The Morgan fingerprint density at radius 1 is 1.15 bits per heavy atom. The number of imidazole rings is 1. The van der Waals surface area contributed by atoms with E-state index in [1.807, 2.05) is 58.3 Å². The number of likely N-dealkylation sites (N-methyl/N-ethyl adjacent to an activating group) is 1. The van der Waals surface area contributed by atoms with E-state index in [-0.39, 0.29) is 5.82 Å². The quantitative estimate of drug-likeness (QED) is 0.165. The molecule has 3 heterocycles. The Bertz CT molecular complexity index is 1590. The van der Waals surface area contributed by atoms with Crippen LogP contribution in [0.1, 0.15) is 29.6 Å². The minimum Gasteiger partial charge on any atom is -0.384 e. The summed E-state index contributed by atoms with van der Waals surface area (Å²) in [6, 6.07) is 8.71. The first kappa shape index (κ1) is 27.4. The molecule has 3 N–H and O–H groups in total. The molecule has 4 aromatic rings. The van der Waals surface area contributed by atoms with Crippen molar-refractivity contribution in [1.29, 1.82) is 0 Å². The SMILES string of the molecule is C=CC=N/C(=C\C)c1ccc2[nH]nc(-c3nc(/C(=C\C=C)c4cc(F)cc(NCCN(C)C)c4)c(C)[nH]3)c2n1. The van der Waals surface area contributed by atoms with E-state index < -0.39 is 0 Å². The number of rotatable bonds is 11. The summed E-state index contributed by atoms with van der Waals surface area (Å²) in [5.41, 5.74) is 7.04. The Labute approximate surface area is 227 Å². The number of aromatic amines is 2. The fourth-order valence-corrected chi connectivity index (χ4v) is 4.16. The molecule has 0 fully saturated rings. The molecule has 0 aliphatic heterocycles. The molecule has 0 aliphatic carbocycles. The van der Waals surface area contributed by atoms with E-state index in [0.29, 0.717) is 46.2 Å². The number of pyridine rings is 1.